The Morgan fingerprint density at radius 2 is 1.62 bits per heavy atom. The summed E-state index contributed by atoms with van der Waals surface area (Å²) < 4.78 is 82.0. The molecule has 0 spiro atoms. The number of nitrogens with zero attached hydrogens (tertiary/aromatic N) is 3. The second-order valence-electron chi connectivity index (χ2n) is 7.83. The first-order chi connectivity index (χ1) is 18.3. The third kappa shape index (κ3) is 6.59. The maximum absolute atomic E-state index is 13.9. The van der Waals surface area contributed by atoms with E-state index in [-0.39, 0.29) is 22.0 Å². The van der Waals surface area contributed by atoms with Crippen molar-refractivity contribution in [1.82, 2.24) is 15.1 Å². The number of aliphatic imine (C=N–C) groups is 1. The number of phenols is 2. The van der Waals surface area contributed by atoms with Crippen molar-refractivity contribution in [2.75, 3.05) is 5.32 Å². The van der Waals surface area contributed by atoms with Gasteiger partial charge in [0.1, 0.15) is 17.3 Å². The Kier molecular flexibility index (Phi) is 7.40. The molecule has 0 bridgehead atoms. The van der Waals surface area contributed by atoms with Gasteiger partial charge in [0.05, 0.1) is 5.69 Å². The zero-order valence-corrected chi connectivity index (χ0v) is 19.8. The van der Waals surface area contributed by atoms with Crippen molar-refractivity contribution in [1.29, 1.82) is 0 Å². The Morgan fingerprint density at radius 3 is 2.23 bits per heavy atom. The summed E-state index contributed by atoms with van der Waals surface area (Å²) in [6.07, 6.45) is -4.95. The Labute approximate surface area is 219 Å². The van der Waals surface area contributed by atoms with Crippen molar-refractivity contribution in [3.05, 3.63) is 94.4 Å². The summed E-state index contributed by atoms with van der Waals surface area (Å²) in [6, 6.07) is 8.65. The highest BCUT2D eigenvalue weighted by Gasteiger charge is 2.35. The van der Waals surface area contributed by atoms with E-state index in [0.29, 0.717) is 22.9 Å². The molecular weight excluding hydrogens is 556 g/mol. The Balaban J connectivity index is 1.84. The fourth-order valence-corrected chi connectivity index (χ4v) is 3.48. The molecule has 0 saturated carbocycles. The SMILES string of the molecule is O=C(NC(=Nc1cc(C(F)(F)F)nn1-c1cc(O)cc(O)c1)Nc1cc(F)cc(Cl)c1)c1ccc(F)c(F)c1. The van der Waals surface area contributed by atoms with Gasteiger partial charge in [0.15, 0.2) is 23.1 Å². The number of nitrogens with one attached hydrogen (secondary N) is 2. The number of carbonyl (C=O) groups is 1. The largest absolute Gasteiger partial charge is 0.508 e. The van der Waals surface area contributed by atoms with Gasteiger partial charge in [-0.15, -0.1) is 0 Å². The highest BCUT2D eigenvalue weighted by Crippen LogP contribution is 2.34. The van der Waals surface area contributed by atoms with Crippen LogP contribution in [0.15, 0.2) is 65.7 Å². The summed E-state index contributed by atoms with van der Waals surface area (Å²) in [5, 5.41) is 27.6. The third-order valence-corrected chi connectivity index (χ3v) is 5.10. The molecule has 39 heavy (non-hydrogen) atoms. The van der Waals surface area contributed by atoms with Gasteiger partial charge in [-0.2, -0.15) is 23.3 Å². The minimum Gasteiger partial charge on any atom is -0.508 e. The standard InChI is InChI=1S/C24H14ClF6N5O3/c25-12-4-13(26)6-14(5-12)32-23(34-22(39)11-1-2-18(27)19(28)3-11)33-21-10-20(24(29,30)31)35-36(21)15-7-16(37)9-17(38)8-15/h1-10,37-38H,(H2,32,33,34,39). The van der Waals surface area contributed by atoms with Gasteiger partial charge < -0.3 is 15.5 Å². The molecule has 0 aliphatic carbocycles. The average molecular weight is 570 g/mol. The second-order valence-corrected chi connectivity index (χ2v) is 8.27. The fourth-order valence-electron chi connectivity index (χ4n) is 3.26. The van der Waals surface area contributed by atoms with Crippen LogP contribution in [-0.4, -0.2) is 31.9 Å². The smallest absolute Gasteiger partial charge is 0.435 e. The Bertz CT molecular complexity index is 1570. The maximum atomic E-state index is 13.9. The lowest BCUT2D eigenvalue weighted by molar-refractivity contribution is -0.141. The number of phenolic OH excluding ortho intramolecular Hbond substituents is 2. The topological polar surface area (TPSA) is 112 Å². The fraction of sp³-hybridized carbons (Fsp3) is 0.0417. The van der Waals surface area contributed by atoms with Crippen LogP contribution in [0.2, 0.25) is 5.02 Å². The number of anilines is 1. The van der Waals surface area contributed by atoms with Crippen LogP contribution in [0, 0.1) is 17.5 Å². The molecule has 1 heterocycles. The van der Waals surface area contributed by atoms with Crippen LogP contribution in [0.1, 0.15) is 16.1 Å². The lowest BCUT2D eigenvalue weighted by Gasteiger charge is -2.13. The van der Waals surface area contributed by atoms with Gasteiger partial charge >= 0.3 is 6.18 Å². The number of rotatable bonds is 4. The molecule has 0 aliphatic heterocycles. The van der Waals surface area contributed by atoms with Crippen LogP contribution >= 0.6 is 11.6 Å². The molecular formula is C24H14ClF6N5O3. The summed E-state index contributed by atoms with van der Waals surface area (Å²) in [5.74, 6) is -6.66. The summed E-state index contributed by atoms with van der Waals surface area (Å²) in [5.41, 5.74) is -2.16. The second kappa shape index (κ2) is 10.6. The van der Waals surface area contributed by atoms with Gasteiger partial charge in [0, 0.05) is 40.5 Å². The quantitative estimate of drug-likeness (QED) is 0.139. The van der Waals surface area contributed by atoms with E-state index >= 15 is 0 Å². The number of hydrogen-bond acceptors (Lipinski definition) is 5. The van der Waals surface area contributed by atoms with Crippen LogP contribution in [-0.2, 0) is 6.18 Å². The van der Waals surface area contributed by atoms with Crippen molar-refractivity contribution < 1.29 is 41.4 Å². The first kappa shape index (κ1) is 27.3. The molecule has 4 rings (SSSR count). The number of aromatic hydroxyl groups is 2. The number of benzene rings is 3. The summed E-state index contributed by atoms with van der Waals surface area (Å²) in [7, 11) is 0. The number of halogens is 7. The number of alkyl halides is 3. The number of amides is 1. The van der Waals surface area contributed by atoms with Gasteiger partial charge in [-0.05, 0) is 36.4 Å². The molecule has 4 N–H and O–H groups in total. The van der Waals surface area contributed by atoms with Crippen molar-refractivity contribution in [2.24, 2.45) is 4.99 Å². The average Bonchev–Trinajstić information content (AvgIpc) is 3.24. The van der Waals surface area contributed by atoms with E-state index in [1.54, 1.807) is 0 Å². The van der Waals surface area contributed by atoms with Gasteiger partial charge in [-0.3, -0.25) is 10.1 Å². The molecule has 1 aromatic heterocycles. The molecule has 1 amide bonds. The van der Waals surface area contributed by atoms with E-state index in [4.69, 9.17) is 11.6 Å². The van der Waals surface area contributed by atoms with E-state index in [1.807, 2.05) is 0 Å². The molecule has 0 saturated heterocycles. The van der Waals surface area contributed by atoms with Crippen molar-refractivity contribution in [3.8, 4) is 17.2 Å². The molecule has 202 valence electrons. The maximum Gasteiger partial charge on any atom is 0.435 e. The highest BCUT2D eigenvalue weighted by atomic mass is 35.5. The number of carbonyl (C=O) groups excluding carboxylic acids is 1. The number of guanidine groups is 1. The molecule has 3 aromatic carbocycles. The first-order valence-electron chi connectivity index (χ1n) is 10.6. The van der Waals surface area contributed by atoms with Gasteiger partial charge in [-0.25, -0.2) is 17.9 Å². The molecule has 4 aromatic rings. The summed E-state index contributed by atoms with van der Waals surface area (Å²) in [6.45, 7) is 0. The van der Waals surface area contributed by atoms with Crippen LogP contribution in [0.25, 0.3) is 5.69 Å². The van der Waals surface area contributed by atoms with Crippen LogP contribution < -0.4 is 10.6 Å². The van der Waals surface area contributed by atoms with Crippen molar-refractivity contribution in [3.63, 3.8) is 0 Å². The summed E-state index contributed by atoms with van der Waals surface area (Å²) in [4.78, 5) is 16.7. The minimum absolute atomic E-state index is 0.0802. The molecule has 0 radical (unpaired) electrons. The third-order valence-electron chi connectivity index (χ3n) is 4.88. The van der Waals surface area contributed by atoms with E-state index < -0.39 is 58.5 Å². The van der Waals surface area contributed by atoms with E-state index in [9.17, 15) is 41.4 Å². The van der Waals surface area contributed by atoms with Crippen LogP contribution in [0.4, 0.5) is 37.8 Å². The lowest BCUT2D eigenvalue weighted by Crippen LogP contribution is -2.36. The van der Waals surface area contributed by atoms with Crippen LogP contribution in [0.5, 0.6) is 11.5 Å². The molecule has 0 unspecified atom stereocenters. The van der Waals surface area contributed by atoms with Crippen LogP contribution in [0.3, 0.4) is 0 Å². The molecule has 15 heteroatoms. The first-order valence-corrected chi connectivity index (χ1v) is 10.9. The van der Waals surface area contributed by atoms with E-state index in [2.05, 4.69) is 20.7 Å². The molecule has 0 atom stereocenters. The van der Waals surface area contributed by atoms with Gasteiger partial charge in [0.25, 0.3) is 5.91 Å². The lowest BCUT2D eigenvalue weighted by atomic mass is 10.2. The van der Waals surface area contributed by atoms with E-state index in [0.717, 1.165) is 36.4 Å². The van der Waals surface area contributed by atoms with E-state index in [1.165, 1.54) is 6.07 Å². The monoisotopic (exact) mass is 569 g/mol. The van der Waals surface area contributed by atoms with Crippen molar-refractivity contribution in [2.45, 2.75) is 6.18 Å². The minimum atomic E-state index is -4.95. The van der Waals surface area contributed by atoms with Gasteiger partial charge in [0.2, 0.25) is 5.96 Å². The Morgan fingerprint density at radius 1 is 0.923 bits per heavy atom. The zero-order valence-electron chi connectivity index (χ0n) is 19.1. The highest BCUT2D eigenvalue weighted by molar-refractivity contribution is 6.31. The Hall–Kier alpha value is -4.72. The molecule has 0 aliphatic rings. The molecule has 0 fully saturated rings. The molecule has 8 nitrogen and oxygen atoms in total. The predicted molar refractivity (Wildman–Crippen MR) is 128 cm³/mol. The zero-order chi connectivity index (χ0) is 28.5. The normalized spacial score (nSPS) is 11.9. The number of hydrogen-bond donors (Lipinski definition) is 4. The summed E-state index contributed by atoms with van der Waals surface area (Å²) >= 11 is 5.85. The number of aromatic nitrogens is 2. The predicted octanol–water partition coefficient (Wildman–Crippen LogP) is 5.90. The van der Waals surface area contributed by atoms with Crippen molar-refractivity contribution >= 4 is 35.0 Å². The van der Waals surface area contributed by atoms with Gasteiger partial charge in [-0.1, -0.05) is 11.6 Å².